The van der Waals surface area contributed by atoms with E-state index in [1.165, 1.54) is 11.4 Å². The van der Waals surface area contributed by atoms with E-state index in [4.69, 9.17) is 42.6 Å². The summed E-state index contributed by atoms with van der Waals surface area (Å²) in [6.45, 7) is 5.39. The maximum Gasteiger partial charge on any atom is 0.218 e. The largest absolute Gasteiger partial charge is 0.496 e. The summed E-state index contributed by atoms with van der Waals surface area (Å²) in [5.74, 6) is 1.36. The lowest BCUT2D eigenvalue weighted by Crippen LogP contribution is -2.42. The minimum absolute atomic E-state index is 0.414. The number of pyridine rings is 4. The minimum atomic E-state index is 0.414. The SMILES string of the molecule is COc1cc(-c2nccc(-c3cccc(-c4ccc(CNC5CCN(c6ccncc6)CC5)c(OC)n4)c3Cl)c2Cl)ccc1CNC1CCN(c2ccncc2)CC1. The number of ether oxygens (including phenoxy) is 2. The molecular weight excluding hydrogens is 767 g/mol. The molecule has 8 rings (SSSR count). The lowest BCUT2D eigenvalue weighted by Gasteiger charge is -2.34. The van der Waals surface area contributed by atoms with Crippen LogP contribution in [0.4, 0.5) is 11.4 Å². The molecule has 4 aromatic heterocycles. The zero-order chi connectivity index (χ0) is 39.8. The average Bonchev–Trinajstić information content (AvgIpc) is 3.29. The number of methoxy groups -OCH3 is 2. The Labute approximate surface area is 350 Å². The number of nitrogens with one attached hydrogen (secondary N) is 2. The lowest BCUT2D eigenvalue weighted by molar-refractivity contribution is 0.380. The molecule has 2 aliphatic heterocycles. The highest BCUT2D eigenvalue weighted by Crippen LogP contribution is 2.42. The van der Waals surface area contributed by atoms with Crippen molar-refractivity contribution in [1.82, 2.24) is 30.6 Å². The fraction of sp³-hybridized carbons (Fsp3) is 0.304. The van der Waals surface area contributed by atoms with Crippen LogP contribution < -0.4 is 29.9 Å². The van der Waals surface area contributed by atoms with E-state index in [0.717, 1.165) is 96.7 Å². The highest BCUT2D eigenvalue weighted by molar-refractivity contribution is 6.39. The van der Waals surface area contributed by atoms with Gasteiger partial charge in [-0.05, 0) is 68.1 Å². The molecule has 12 heteroatoms. The number of hydrogen-bond donors (Lipinski definition) is 2. The van der Waals surface area contributed by atoms with Gasteiger partial charge in [0.2, 0.25) is 5.88 Å². The Morgan fingerprint density at radius 3 is 1.79 bits per heavy atom. The van der Waals surface area contributed by atoms with Crippen LogP contribution in [0, 0.1) is 0 Å². The third-order valence-corrected chi connectivity index (χ3v) is 12.1. The molecule has 2 aliphatic rings. The lowest BCUT2D eigenvalue weighted by atomic mass is 9.99. The van der Waals surface area contributed by atoms with Gasteiger partial charge in [0.15, 0.2) is 0 Å². The predicted octanol–water partition coefficient (Wildman–Crippen LogP) is 9.11. The Kier molecular flexibility index (Phi) is 12.7. The highest BCUT2D eigenvalue weighted by atomic mass is 35.5. The van der Waals surface area contributed by atoms with Crippen LogP contribution in [0.3, 0.4) is 0 Å². The molecule has 0 amide bonds. The zero-order valence-electron chi connectivity index (χ0n) is 32.9. The summed E-state index contributed by atoms with van der Waals surface area (Å²) in [5.41, 5.74) is 9.13. The van der Waals surface area contributed by atoms with Gasteiger partial charge in [-0.3, -0.25) is 15.0 Å². The summed E-state index contributed by atoms with van der Waals surface area (Å²) < 4.78 is 11.7. The molecule has 0 saturated carbocycles. The third-order valence-electron chi connectivity index (χ3n) is 11.4. The number of rotatable bonds is 13. The van der Waals surface area contributed by atoms with Crippen LogP contribution in [0.2, 0.25) is 10.0 Å². The second kappa shape index (κ2) is 18.6. The van der Waals surface area contributed by atoms with Crippen molar-refractivity contribution in [2.24, 2.45) is 0 Å². The summed E-state index contributed by atoms with van der Waals surface area (Å²) in [4.78, 5) is 22.8. The number of aromatic nitrogens is 4. The molecule has 2 aromatic carbocycles. The van der Waals surface area contributed by atoms with Crippen molar-refractivity contribution in [3.05, 3.63) is 131 Å². The zero-order valence-corrected chi connectivity index (χ0v) is 34.4. The molecule has 2 fully saturated rings. The molecule has 6 aromatic rings. The molecule has 6 heterocycles. The van der Waals surface area contributed by atoms with Crippen molar-refractivity contribution < 1.29 is 9.47 Å². The molecule has 0 aliphatic carbocycles. The van der Waals surface area contributed by atoms with Gasteiger partial charge in [-0.25, -0.2) is 4.98 Å². The first-order chi connectivity index (χ1) is 28.5. The van der Waals surface area contributed by atoms with E-state index in [1.54, 1.807) is 20.4 Å². The van der Waals surface area contributed by atoms with Crippen LogP contribution in [-0.2, 0) is 13.1 Å². The fourth-order valence-electron chi connectivity index (χ4n) is 8.06. The Balaban J connectivity index is 0.934. The van der Waals surface area contributed by atoms with Gasteiger partial charge in [0.25, 0.3) is 0 Å². The summed E-state index contributed by atoms with van der Waals surface area (Å²) in [6.07, 6.45) is 13.4. The first kappa shape index (κ1) is 39.6. The molecule has 0 radical (unpaired) electrons. The van der Waals surface area contributed by atoms with Crippen molar-refractivity contribution in [2.75, 3.05) is 50.2 Å². The summed E-state index contributed by atoms with van der Waals surface area (Å²) in [7, 11) is 3.36. The molecular formula is C46H48Cl2N8O2. The van der Waals surface area contributed by atoms with Gasteiger partial charge in [-0.2, -0.15) is 0 Å². The van der Waals surface area contributed by atoms with Crippen LogP contribution in [0.1, 0.15) is 36.8 Å². The van der Waals surface area contributed by atoms with E-state index in [1.807, 2.05) is 61.2 Å². The Morgan fingerprint density at radius 1 is 0.621 bits per heavy atom. The van der Waals surface area contributed by atoms with E-state index in [0.29, 0.717) is 46.8 Å². The maximum atomic E-state index is 7.20. The van der Waals surface area contributed by atoms with Crippen LogP contribution in [0.25, 0.3) is 33.6 Å². The van der Waals surface area contributed by atoms with Gasteiger partial charge in [0, 0.05) is 127 Å². The Morgan fingerprint density at radius 2 is 1.19 bits per heavy atom. The molecule has 2 N–H and O–H groups in total. The number of piperidine rings is 2. The van der Waals surface area contributed by atoms with Gasteiger partial charge in [-0.1, -0.05) is 59.6 Å². The van der Waals surface area contributed by atoms with Crippen molar-refractivity contribution in [3.63, 3.8) is 0 Å². The van der Waals surface area contributed by atoms with Crippen LogP contribution in [-0.4, -0.2) is 72.4 Å². The molecule has 0 bridgehead atoms. The standard InChI is InChI=1S/C46H48Cl2N8O2/c1-57-42-28-31(6-7-32(42)29-52-34-15-24-55(25-16-34)36-10-19-49-20-11-36)45-44(48)39(14-23-51-45)38-4-3-5-40(43(38)47)41-9-8-33(46(54-41)58-2)30-53-35-17-26-56(27-18-35)37-12-21-50-22-13-37/h3-14,19-23,28,34-35,52-53H,15-18,24-27,29-30H2,1-2H3. The molecule has 10 nitrogen and oxygen atoms in total. The fourth-order valence-corrected chi connectivity index (χ4v) is 8.71. The van der Waals surface area contributed by atoms with Gasteiger partial charge >= 0.3 is 0 Å². The average molecular weight is 816 g/mol. The van der Waals surface area contributed by atoms with Crippen molar-refractivity contribution in [3.8, 4) is 45.3 Å². The smallest absolute Gasteiger partial charge is 0.218 e. The van der Waals surface area contributed by atoms with Gasteiger partial charge in [-0.15, -0.1) is 0 Å². The van der Waals surface area contributed by atoms with E-state index in [-0.39, 0.29) is 0 Å². The van der Waals surface area contributed by atoms with Gasteiger partial charge in [0.1, 0.15) is 5.75 Å². The van der Waals surface area contributed by atoms with E-state index >= 15 is 0 Å². The quantitative estimate of drug-likeness (QED) is 0.118. The molecule has 0 atom stereocenters. The number of halogens is 2. The monoisotopic (exact) mass is 814 g/mol. The summed E-state index contributed by atoms with van der Waals surface area (Å²) >= 11 is 14.4. The number of nitrogens with zero attached hydrogens (tertiary/aromatic N) is 6. The summed E-state index contributed by atoms with van der Waals surface area (Å²) in [6, 6.07) is 27.2. The number of anilines is 2. The van der Waals surface area contributed by atoms with E-state index in [2.05, 4.69) is 72.9 Å². The number of hydrogen-bond acceptors (Lipinski definition) is 10. The topological polar surface area (TPSA) is 101 Å². The normalized spacial score (nSPS) is 15.1. The van der Waals surface area contributed by atoms with Crippen molar-refractivity contribution in [2.45, 2.75) is 50.9 Å². The van der Waals surface area contributed by atoms with Crippen molar-refractivity contribution in [1.29, 1.82) is 0 Å². The molecule has 0 spiro atoms. The first-order valence-electron chi connectivity index (χ1n) is 19.9. The highest BCUT2D eigenvalue weighted by Gasteiger charge is 2.23. The van der Waals surface area contributed by atoms with Gasteiger partial charge in [0.05, 0.1) is 35.7 Å². The van der Waals surface area contributed by atoms with E-state index < -0.39 is 0 Å². The molecule has 298 valence electrons. The third kappa shape index (κ3) is 8.90. The van der Waals surface area contributed by atoms with Crippen LogP contribution >= 0.6 is 23.2 Å². The second-order valence-electron chi connectivity index (χ2n) is 14.8. The Bertz CT molecular complexity index is 2140. The van der Waals surface area contributed by atoms with Crippen LogP contribution in [0.5, 0.6) is 11.6 Å². The summed E-state index contributed by atoms with van der Waals surface area (Å²) in [5, 5.41) is 8.54. The molecule has 2 saturated heterocycles. The minimum Gasteiger partial charge on any atom is -0.496 e. The van der Waals surface area contributed by atoms with Crippen LogP contribution in [0.15, 0.2) is 110 Å². The second-order valence-corrected chi connectivity index (χ2v) is 15.5. The predicted molar refractivity (Wildman–Crippen MR) is 234 cm³/mol. The number of benzene rings is 2. The van der Waals surface area contributed by atoms with Gasteiger partial charge < -0.3 is 29.9 Å². The van der Waals surface area contributed by atoms with E-state index in [9.17, 15) is 0 Å². The molecule has 58 heavy (non-hydrogen) atoms. The van der Waals surface area contributed by atoms with Crippen molar-refractivity contribution >= 4 is 34.6 Å². The first-order valence-corrected chi connectivity index (χ1v) is 20.7. The Hall–Kier alpha value is -5.26. The molecule has 0 unspecified atom stereocenters. The maximum absolute atomic E-state index is 7.20.